The highest BCUT2D eigenvalue weighted by Crippen LogP contribution is 2.14. The molecule has 0 spiro atoms. The Balaban J connectivity index is 0.000000980. The van der Waals surface area contributed by atoms with Gasteiger partial charge in [-0.2, -0.15) is 0 Å². The molecular weight excluding hydrogens is 200 g/mol. The van der Waals surface area contributed by atoms with Gasteiger partial charge in [-0.1, -0.05) is 0 Å². The molecule has 0 aromatic carbocycles. The highest BCUT2D eigenvalue weighted by Gasteiger charge is 2.17. The van der Waals surface area contributed by atoms with Gasteiger partial charge in [-0.15, -0.1) is 12.4 Å². The molecular formula is C10H17ClN2O. The van der Waals surface area contributed by atoms with Gasteiger partial charge in [0.25, 0.3) is 0 Å². The minimum Gasteiger partial charge on any atom is -0.468 e. The van der Waals surface area contributed by atoms with Crippen molar-refractivity contribution in [1.29, 1.82) is 0 Å². The number of hydrogen-bond donors (Lipinski definition) is 2. The Kier molecular flexibility index (Phi) is 4.45. The summed E-state index contributed by atoms with van der Waals surface area (Å²) in [5.74, 6) is 1.02. The average molecular weight is 217 g/mol. The first kappa shape index (κ1) is 11.6. The highest BCUT2D eigenvalue weighted by molar-refractivity contribution is 5.85. The fourth-order valence-corrected chi connectivity index (χ4v) is 1.77. The molecule has 3 nitrogen and oxygen atoms in total. The second kappa shape index (κ2) is 5.39. The van der Waals surface area contributed by atoms with Gasteiger partial charge in [-0.25, -0.2) is 0 Å². The molecule has 1 aromatic heterocycles. The zero-order valence-electron chi connectivity index (χ0n) is 8.32. The van der Waals surface area contributed by atoms with Gasteiger partial charge in [0, 0.05) is 12.6 Å². The number of rotatable bonds is 3. The maximum Gasteiger partial charge on any atom is 0.120 e. The van der Waals surface area contributed by atoms with Gasteiger partial charge < -0.3 is 15.1 Å². The van der Waals surface area contributed by atoms with E-state index in [1.54, 1.807) is 6.26 Å². The lowest BCUT2D eigenvalue weighted by Gasteiger charge is -2.16. The van der Waals surface area contributed by atoms with Gasteiger partial charge in [0.15, 0.2) is 0 Å². The van der Waals surface area contributed by atoms with Crippen molar-refractivity contribution in [2.24, 2.45) is 0 Å². The van der Waals surface area contributed by atoms with Crippen molar-refractivity contribution in [3.8, 4) is 0 Å². The zero-order valence-corrected chi connectivity index (χ0v) is 9.14. The monoisotopic (exact) mass is 216 g/mol. The van der Waals surface area contributed by atoms with Gasteiger partial charge in [-0.05, 0) is 32.0 Å². The first-order chi connectivity index (χ1) is 6.36. The Morgan fingerprint density at radius 2 is 2.50 bits per heavy atom. The van der Waals surface area contributed by atoms with Crippen LogP contribution < -0.4 is 10.6 Å². The topological polar surface area (TPSA) is 37.2 Å². The van der Waals surface area contributed by atoms with E-state index in [9.17, 15) is 0 Å². The van der Waals surface area contributed by atoms with Crippen molar-refractivity contribution in [1.82, 2.24) is 10.6 Å². The molecule has 0 radical (unpaired) electrons. The van der Waals surface area contributed by atoms with E-state index in [4.69, 9.17) is 4.42 Å². The van der Waals surface area contributed by atoms with E-state index < -0.39 is 0 Å². The van der Waals surface area contributed by atoms with Crippen LogP contribution in [0.2, 0.25) is 0 Å². The molecule has 1 fully saturated rings. The molecule has 14 heavy (non-hydrogen) atoms. The van der Waals surface area contributed by atoms with E-state index in [0.29, 0.717) is 12.1 Å². The van der Waals surface area contributed by atoms with E-state index in [1.807, 2.05) is 12.1 Å². The standard InChI is InChI=1S/C10H16N2O.ClH/c1-8(10-3-2-6-13-10)12-9-4-5-11-7-9;/h2-3,6,8-9,11-12H,4-5,7H2,1H3;1H. The minimum absolute atomic E-state index is 0. The molecule has 80 valence electrons. The predicted molar refractivity (Wildman–Crippen MR) is 58.8 cm³/mol. The number of nitrogens with one attached hydrogen (secondary N) is 2. The van der Waals surface area contributed by atoms with Gasteiger partial charge in [0.05, 0.1) is 12.3 Å². The Labute approximate surface area is 90.7 Å². The average Bonchev–Trinajstić information content (AvgIpc) is 2.74. The zero-order chi connectivity index (χ0) is 9.10. The molecule has 1 saturated heterocycles. The molecule has 4 heteroatoms. The molecule has 2 rings (SSSR count). The number of furan rings is 1. The molecule has 2 N–H and O–H groups in total. The summed E-state index contributed by atoms with van der Waals surface area (Å²) in [7, 11) is 0. The van der Waals surface area contributed by atoms with Crippen molar-refractivity contribution < 1.29 is 4.42 Å². The molecule has 0 amide bonds. The maximum absolute atomic E-state index is 5.32. The van der Waals surface area contributed by atoms with Crippen LogP contribution in [0.3, 0.4) is 0 Å². The van der Waals surface area contributed by atoms with Crippen LogP contribution in [0.25, 0.3) is 0 Å². The van der Waals surface area contributed by atoms with Crippen molar-refractivity contribution in [3.63, 3.8) is 0 Å². The lowest BCUT2D eigenvalue weighted by Crippen LogP contribution is -2.32. The van der Waals surface area contributed by atoms with Crippen LogP contribution in [0.15, 0.2) is 22.8 Å². The largest absolute Gasteiger partial charge is 0.468 e. The highest BCUT2D eigenvalue weighted by atomic mass is 35.5. The van der Waals surface area contributed by atoms with E-state index in [0.717, 1.165) is 18.8 Å². The summed E-state index contributed by atoms with van der Waals surface area (Å²) in [6, 6.07) is 4.86. The molecule has 1 aromatic rings. The van der Waals surface area contributed by atoms with Gasteiger partial charge in [0.2, 0.25) is 0 Å². The van der Waals surface area contributed by atoms with Crippen LogP contribution in [0.1, 0.15) is 25.1 Å². The fraction of sp³-hybridized carbons (Fsp3) is 0.600. The van der Waals surface area contributed by atoms with Crippen LogP contribution in [0.5, 0.6) is 0 Å². The van der Waals surface area contributed by atoms with Crippen LogP contribution in [0, 0.1) is 0 Å². The lowest BCUT2D eigenvalue weighted by molar-refractivity contribution is 0.397. The quantitative estimate of drug-likeness (QED) is 0.808. The molecule has 2 heterocycles. The maximum atomic E-state index is 5.32. The summed E-state index contributed by atoms with van der Waals surface area (Å²) in [6.07, 6.45) is 2.94. The Hall–Kier alpha value is -0.510. The minimum atomic E-state index is 0. The summed E-state index contributed by atoms with van der Waals surface area (Å²) in [4.78, 5) is 0. The number of halogens is 1. The third-order valence-corrected chi connectivity index (χ3v) is 2.52. The molecule has 2 unspecified atom stereocenters. The second-order valence-electron chi connectivity index (χ2n) is 3.59. The van der Waals surface area contributed by atoms with E-state index in [1.165, 1.54) is 6.42 Å². The molecule has 0 saturated carbocycles. The third kappa shape index (κ3) is 2.74. The van der Waals surface area contributed by atoms with E-state index in [2.05, 4.69) is 17.6 Å². The van der Waals surface area contributed by atoms with Crippen LogP contribution >= 0.6 is 12.4 Å². The summed E-state index contributed by atoms with van der Waals surface area (Å²) in [6.45, 7) is 4.34. The SMILES string of the molecule is CC(NC1CCNC1)c1ccco1.Cl. The van der Waals surface area contributed by atoms with Gasteiger partial charge in [-0.3, -0.25) is 0 Å². The second-order valence-corrected chi connectivity index (χ2v) is 3.59. The smallest absolute Gasteiger partial charge is 0.120 e. The third-order valence-electron chi connectivity index (χ3n) is 2.52. The van der Waals surface area contributed by atoms with E-state index in [-0.39, 0.29) is 12.4 Å². The van der Waals surface area contributed by atoms with Crippen molar-refractivity contribution in [2.45, 2.75) is 25.4 Å². The Bertz CT molecular complexity index is 245. The van der Waals surface area contributed by atoms with Crippen molar-refractivity contribution in [3.05, 3.63) is 24.2 Å². The molecule has 2 atom stereocenters. The van der Waals surface area contributed by atoms with Gasteiger partial charge in [0.1, 0.15) is 5.76 Å². The normalized spacial score (nSPS) is 23.1. The Morgan fingerprint density at radius 1 is 1.64 bits per heavy atom. The molecule has 1 aliphatic heterocycles. The van der Waals surface area contributed by atoms with Crippen molar-refractivity contribution in [2.75, 3.05) is 13.1 Å². The first-order valence-corrected chi connectivity index (χ1v) is 4.86. The predicted octanol–water partition coefficient (Wildman–Crippen LogP) is 1.71. The van der Waals surface area contributed by atoms with E-state index >= 15 is 0 Å². The van der Waals surface area contributed by atoms with Crippen LogP contribution in [0.4, 0.5) is 0 Å². The Morgan fingerprint density at radius 3 is 3.07 bits per heavy atom. The molecule has 0 bridgehead atoms. The number of hydrogen-bond acceptors (Lipinski definition) is 3. The molecule has 1 aliphatic rings. The summed E-state index contributed by atoms with van der Waals surface area (Å²) in [5, 5.41) is 6.85. The van der Waals surface area contributed by atoms with Crippen LogP contribution in [-0.4, -0.2) is 19.1 Å². The molecule has 0 aliphatic carbocycles. The lowest BCUT2D eigenvalue weighted by atomic mass is 10.2. The summed E-state index contributed by atoms with van der Waals surface area (Å²) < 4.78 is 5.32. The van der Waals surface area contributed by atoms with Gasteiger partial charge >= 0.3 is 0 Å². The first-order valence-electron chi connectivity index (χ1n) is 4.86. The fourth-order valence-electron chi connectivity index (χ4n) is 1.77. The van der Waals surface area contributed by atoms with Crippen molar-refractivity contribution >= 4 is 12.4 Å². The summed E-state index contributed by atoms with van der Waals surface area (Å²) in [5.41, 5.74) is 0. The van der Waals surface area contributed by atoms with Crippen LogP contribution in [-0.2, 0) is 0 Å². The summed E-state index contributed by atoms with van der Waals surface area (Å²) >= 11 is 0.